The Balaban J connectivity index is 2.89. The molecule has 2 N–H and O–H groups in total. The Labute approximate surface area is 117 Å². The van der Waals surface area contributed by atoms with Crippen LogP contribution in [-0.4, -0.2) is 22.6 Å². The number of aryl methyl sites for hydroxylation is 1. The number of hydrogen-bond donors (Lipinski definition) is 1. The molecule has 1 aromatic heterocycles. The molecule has 1 aromatic rings. The lowest BCUT2D eigenvalue weighted by Gasteiger charge is -2.28. The topological polar surface area (TPSA) is 42.2 Å². The minimum atomic E-state index is 0.373. The third kappa shape index (κ3) is 4.24. The summed E-state index contributed by atoms with van der Waals surface area (Å²) in [6, 6.07) is 4.40. The molecule has 0 fully saturated rings. The van der Waals surface area contributed by atoms with Crippen molar-refractivity contribution in [1.82, 2.24) is 4.98 Å². The summed E-state index contributed by atoms with van der Waals surface area (Å²) in [6.45, 7) is 7.07. The van der Waals surface area contributed by atoms with Gasteiger partial charge in [-0.3, -0.25) is 0 Å². The molecule has 0 aromatic carbocycles. The standard InChI is InChI=1S/C12H18BrN3S/c1-8(2)16(7-6-11(14)17)12-5-4-10(13)9(3)15-12/h4-5,8H,6-7H2,1-3H3,(H2,14,17). The lowest BCUT2D eigenvalue weighted by molar-refractivity contribution is 0.680. The molecule has 0 unspecified atom stereocenters. The predicted octanol–water partition coefficient (Wildman–Crippen LogP) is 3.04. The van der Waals surface area contributed by atoms with Crippen molar-refractivity contribution in [3.05, 3.63) is 22.3 Å². The van der Waals surface area contributed by atoms with Gasteiger partial charge in [-0.25, -0.2) is 4.98 Å². The monoisotopic (exact) mass is 315 g/mol. The van der Waals surface area contributed by atoms with Crippen molar-refractivity contribution in [2.75, 3.05) is 11.4 Å². The average molecular weight is 316 g/mol. The van der Waals surface area contributed by atoms with Crippen LogP contribution in [0.1, 0.15) is 26.0 Å². The van der Waals surface area contributed by atoms with Crippen molar-refractivity contribution in [2.45, 2.75) is 33.2 Å². The Hall–Kier alpha value is -0.680. The molecule has 0 aliphatic carbocycles. The maximum atomic E-state index is 5.55. The first kappa shape index (κ1) is 14.4. The highest BCUT2D eigenvalue weighted by atomic mass is 79.9. The summed E-state index contributed by atoms with van der Waals surface area (Å²) in [5.74, 6) is 0.969. The molecule has 0 aliphatic rings. The first-order valence-corrected chi connectivity index (χ1v) is 6.80. The molecule has 17 heavy (non-hydrogen) atoms. The first-order chi connectivity index (χ1) is 7.91. The first-order valence-electron chi connectivity index (χ1n) is 5.60. The normalized spacial score (nSPS) is 10.6. The fourth-order valence-corrected chi connectivity index (χ4v) is 1.87. The van der Waals surface area contributed by atoms with Gasteiger partial charge in [0.15, 0.2) is 0 Å². The van der Waals surface area contributed by atoms with Crippen LogP contribution >= 0.6 is 28.1 Å². The Morgan fingerprint density at radius 3 is 2.65 bits per heavy atom. The van der Waals surface area contributed by atoms with Crippen LogP contribution in [0.2, 0.25) is 0 Å². The highest BCUT2D eigenvalue weighted by molar-refractivity contribution is 9.10. The van der Waals surface area contributed by atoms with Gasteiger partial charge in [0.2, 0.25) is 0 Å². The summed E-state index contributed by atoms with van der Waals surface area (Å²) in [5, 5.41) is 0. The summed E-state index contributed by atoms with van der Waals surface area (Å²) < 4.78 is 1.03. The van der Waals surface area contributed by atoms with E-state index in [0.29, 0.717) is 17.5 Å². The molecule has 1 heterocycles. The number of aromatic nitrogens is 1. The van der Waals surface area contributed by atoms with Gasteiger partial charge in [-0.15, -0.1) is 0 Å². The van der Waals surface area contributed by atoms with Crippen molar-refractivity contribution in [3.63, 3.8) is 0 Å². The summed E-state index contributed by atoms with van der Waals surface area (Å²) in [4.78, 5) is 7.32. The van der Waals surface area contributed by atoms with Crippen LogP contribution in [0, 0.1) is 6.92 Å². The van der Waals surface area contributed by atoms with E-state index in [1.165, 1.54) is 0 Å². The van der Waals surface area contributed by atoms with E-state index in [1.807, 2.05) is 19.1 Å². The van der Waals surface area contributed by atoms with Gasteiger partial charge in [-0.1, -0.05) is 12.2 Å². The number of thiocarbonyl (C=S) groups is 1. The van der Waals surface area contributed by atoms with Crippen molar-refractivity contribution >= 4 is 39.0 Å². The fourth-order valence-electron chi connectivity index (χ4n) is 1.56. The van der Waals surface area contributed by atoms with Crippen LogP contribution < -0.4 is 10.6 Å². The minimum absolute atomic E-state index is 0.373. The van der Waals surface area contributed by atoms with Crippen LogP contribution in [0.4, 0.5) is 5.82 Å². The van der Waals surface area contributed by atoms with Crippen LogP contribution in [0.25, 0.3) is 0 Å². The lowest BCUT2D eigenvalue weighted by atomic mass is 10.2. The Morgan fingerprint density at radius 2 is 2.18 bits per heavy atom. The number of halogens is 1. The second-order valence-electron chi connectivity index (χ2n) is 4.24. The second kappa shape index (κ2) is 6.31. The quantitative estimate of drug-likeness (QED) is 0.848. The van der Waals surface area contributed by atoms with Crippen molar-refractivity contribution in [1.29, 1.82) is 0 Å². The minimum Gasteiger partial charge on any atom is -0.393 e. The smallest absolute Gasteiger partial charge is 0.129 e. The van der Waals surface area contributed by atoms with E-state index in [-0.39, 0.29) is 0 Å². The summed E-state index contributed by atoms with van der Waals surface area (Å²) in [5.41, 5.74) is 6.54. The molecule has 3 nitrogen and oxygen atoms in total. The molecule has 1 rings (SSSR count). The maximum Gasteiger partial charge on any atom is 0.129 e. The van der Waals surface area contributed by atoms with Gasteiger partial charge in [0.05, 0.1) is 10.7 Å². The number of pyridine rings is 1. The third-order valence-electron chi connectivity index (χ3n) is 2.52. The van der Waals surface area contributed by atoms with Crippen LogP contribution in [0.3, 0.4) is 0 Å². The second-order valence-corrected chi connectivity index (χ2v) is 5.62. The molecule has 0 atom stereocenters. The van der Waals surface area contributed by atoms with Crippen LogP contribution in [0.15, 0.2) is 16.6 Å². The van der Waals surface area contributed by atoms with Gasteiger partial charge in [-0.2, -0.15) is 0 Å². The molecule has 0 bridgehead atoms. The molecule has 0 saturated heterocycles. The van der Waals surface area contributed by atoms with E-state index >= 15 is 0 Å². The maximum absolute atomic E-state index is 5.55. The summed E-state index contributed by atoms with van der Waals surface area (Å²) >= 11 is 8.38. The Bertz CT molecular complexity index is 407. The lowest BCUT2D eigenvalue weighted by Crippen LogP contribution is -2.34. The number of nitrogens with zero attached hydrogens (tertiary/aromatic N) is 2. The third-order valence-corrected chi connectivity index (χ3v) is 3.57. The number of hydrogen-bond acceptors (Lipinski definition) is 3. The molecule has 94 valence electrons. The van der Waals surface area contributed by atoms with Crippen molar-refractivity contribution in [2.24, 2.45) is 5.73 Å². The highest BCUT2D eigenvalue weighted by Crippen LogP contribution is 2.20. The van der Waals surface area contributed by atoms with E-state index in [0.717, 1.165) is 22.5 Å². The Morgan fingerprint density at radius 1 is 1.53 bits per heavy atom. The van der Waals surface area contributed by atoms with E-state index in [1.54, 1.807) is 0 Å². The van der Waals surface area contributed by atoms with E-state index in [2.05, 4.69) is 39.7 Å². The fraction of sp³-hybridized carbons (Fsp3) is 0.500. The largest absolute Gasteiger partial charge is 0.393 e. The molecule has 5 heteroatoms. The van der Waals surface area contributed by atoms with E-state index in [9.17, 15) is 0 Å². The zero-order valence-electron chi connectivity index (χ0n) is 10.4. The van der Waals surface area contributed by atoms with E-state index in [4.69, 9.17) is 18.0 Å². The number of rotatable bonds is 5. The molecular formula is C12H18BrN3S. The van der Waals surface area contributed by atoms with Gasteiger partial charge in [0.1, 0.15) is 5.82 Å². The molecular weight excluding hydrogens is 298 g/mol. The average Bonchev–Trinajstić information content (AvgIpc) is 2.22. The van der Waals surface area contributed by atoms with Gasteiger partial charge in [-0.05, 0) is 48.8 Å². The molecule has 0 spiro atoms. The molecule has 0 aliphatic heterocycles. The summed E-state index contributed by atoms with van der Waals surface area (Å²) in [6.07, 6.45) is 0.713. The Kier molecular flexibility index (Phi) is 5.33. The van der Waals surface area contributed by atoms with Gasteiger partial charge in [0, 0.05) is 23.5 Å². The number of nitrogens with two attached hydrogens (primary N) is 1. The highest BCUT2D eigenvalue weighted by Gasteiger charge is 2.12. The van der Waals surface area contributed by atoms with Gasteiger partial charge < -0.3 is 10.6 Å². The SMILES string of the molecule is Cc1nc(N(CCC(N)=S)C(C)C)ccc1Br. The van der Waals surface area contributed by atoms with Gasteiger partial charge in [0.25, 0.3) is 0 Å². The predicted molar refractivity (Wildman–Crippen MR) is 80.6 cm³/mol. The number of anilines is 1. The molecule has 0 saturated carbocycles. The summed E-state index contributed by atoms with van der Waals surface area (Å²) in [7, 11) is 0. The zero-order chi connectivity index (χ0) is 13.0. The van der Waals surface area contributed by atoms with Crippen LogP contribution in [0.5, 0.6) is 0 Å². The zero-order valence-corrected chi connectivity index (χ0v) is 12.8. The van der Waals surface area contributed by atoms with E-state index < -0.39 is 0 Å². The molecule has 0 radical (unpaired) electrons. The van der Waals surface area contributed by atoms with Crippen LogP contribution in [-0.2, 0) is 0 Å². The van der Waals surface area contributed by atoms with Gasteiger partial charge >= 0.3 is 0 Å². The van der Waals surface area contributed by atoms with Crippen molar-refractivity contribution < 1.29 is 0 Å². The van der Waals surface area contributed by atoms with Crippen molar-refractivity contribution in [3.8, 4) is 0 Å². The molecule has 0 amide bonds.